The van der Waals surface area contributed by atoms with Gasteiger partial charge in [-0.2, -0.15) is 0 Å². The number of rotatable bonds is 5. The summed E-state index contributed by atoms with van der Waals surface area (Å²) in [5, 5.41) is 3.25. The smallest absolute Gasteiger partial charge is 0.338 e. The van der Waals surface area contributed by atoms with Crippen molar-refractivity contribution in [2.75, 3.05) is 17.7 Å². The second-order valence-corrected chi connectivity index (χ2v) is 4.93. The fraction of sp³-hybridized carbons (Fsp3) is 0.235. The lowest BCUT2D eigenvalue weighted by Crippen LogP contribution is -2.07. The van der Waals surface area contributed by atoms with Gasteiger partial charge in [-0.3, -0.25) is 0 Å². The van der Waals surface area contributed by atoms with Crippen LogP contribution in [0.5, 0.6) is 0 Å². The molecule has 0 aliphatic rings. The summed E-state index contributed by atoms with van der Waals surface area (Å²) >= 11 is 0. The minimum Gasteiger partial charge on any atom is -0.462 e. The van der Waals surface area contributed by atoms with Crippen LogP contribution in [0.3, 0.4) is 0 Å². The van der Waals surface area contributed by atoms with Gasteiger partial charge in [0.25, 0.3) is 0 Å². The second kappa shape index (κ2) is 6.79. The van der Waals surface area contributed by atoms with Gasteiger partial charge in [-0.1, -0.05) is 19.1 Å². The van der Waals surface area contributed by atoms with Gasteiger partial charge in [-0.15, -0.1) is 0 Å². The zero-order valence-electron chi connectivity index (χ0n) is 12.3. The summed E-state index contributed by atoms with van der Waals surface area (Å²) in [6.07, 6.45) is 0.800. The molecule has 0 unspecified atom stereocenters. The summed E-state index contributed by atoms with van der Waals surface area (Å²) in [5.74, 6) is -0.342. The Balaban J connectivity index is 2.14. The second-order valence-electron chi connectivity index (χ2n) is 4.93. The molecule has 0 aromatic heterocycles. The topological polar surface area (TPSA) is 64.3 Å². The number of esters is 1. The molecular weight excluding hydrogens is 264 g/mol. The summed E-state index contributed by atoms with van der Waals surface area (Å²) in [6.45, 7) is 4.40. The first-order chi connectivity index (χ1) is 10.1. The number of hydrogen-bond donors (Lipinski definition) is 2. The predicted octanol–water partition coefficient (Wildman–Crippen LogP) is 3.89. The van der Waals surface area contributed by atoms with Crippen molar-refractivity contribution >= 4 is 23.0 Å². The lowest BCUT2D eigenvalue weighted by Gasteiger charge is -2.11. The van der Waals surface area contributed by atoms with E-state index < -0.39 is 0 Å². The molecule has 0 heterocycles. The van der Waals surface area contributed by atoms with Crippen LogP contribution in [0.4, 0.5) is 17.1 Å². The van der Waals surface area contributed by atoms with Crippen LogP contribution in [0.25, 0.3) is 0 Å². The molecule has 0 radical (unpaired) electrons. The first-order valence-electron chi connectivity index (χ1n) is 7.00. The molecule has 110 valence electrons. The molecule has 0 aliphatic carbocycles. The average molecular weight is 284 g/mol. The minimum atomic E-state index is -0.342. The zero-order valence-corrected chi connectivity index (χ0v) is 12.3. The lowest BCUT2D eigenvalue weighted by molar-refractivity contribution is 0.0505. The summed E-state index contributed by atoms with van der Waals surface area (Å²) in [4.78, 5) is 11.8. The molecule has 0 bridgehead atoms. The van der Waals surface area contributed by atoms with Crippen LogP contribution < -0.4 is 11.1 Å². The van der Waals surface area contributed by atoms with E-state index in [1.807, 2.05) is 38.1 Å². The largest absolute Gasteiger partial charge is 0.462 e. The minimum absolute atomic E-state index is 0.342. The van der Waals surface area contributed by atoms with E-state index in [9.17, 15) is 4.79 Å². The maximum absolute atomic E-state index is 11.8. The zero-order chi connectivity index (χ0) is 15.2. The van der Waals surface area contributed by atoms with Crippen molar-refractivity contribution in [2.24, 2.45) is 0 Å². The molecule has 3 N–H and O–H groups in total. The molecule has 0 aliphatic heterocycles. The standard InChI is InChI=1S/C17H20N2O2/c1-3-9-21-17(20)13-7-8-16(15(18)11-13)19-14-6-4-5-12(2)10-14/h4-8,10-11,19H,3,9,18H2,1-2H3. The molecule has 4 nitrogen and oxygen atoms in total. The molecule has 0 fully saturated rings. The Morgan fingerprint density at radius 1 is 1.24 bits per heavy atom. The molecule has 2 rings (SSSR count). The first kappa shape index (κ1) is 14.9. The lowest BCUT2D eigenvalue weighted by atomic mass is 10.1. The Kier molecular flexibility index (Phi) is 4.82. The van der Waals surface area contributed by atoms with E-state index in [0.717, 1.165) is 17.8 Å². The average Bonchev–Trinajstić information content (AvgIpc) is 2.47. The number of nitrogens with two attached hydrogens (primary N) is 1. The van der Waals surface area contributed by atoms with E-state index in [0.29, 0.717) is 17.9 Å². The van der Waals surface area contributed by atoms with Crippen molar-refractivity contribution in [3.63, 3.8) is 0 Å². The van der Waals surface area contributed by atoms with Crippen LogP contribution in [0.15, 0.2) is 42.5 Å². The number of carbonyl (C=O) groups excluding carboxylic acids is 1. The predicted molar refractivity (Wildman–Crippen MR) is 85.9 cm³/mol. The Morgan fingerprint density at radius 2 is 2.05 bits per heavy atom. The Morgan fingerprint density at radius 3 is 2.71 bits per heavy atom. The van der Waals surface area contributed by atoms with Gasteiger partial charge < -0.3 is 15.8 Å². The number of aryl methyl sites for hydroxylation is 1. The van der Waals surface area contributed by atoms with Crippen molar-refractivity contribution in [3.8, 4) is 0 Å². The highest BCUT2D eigenvalue weighted by Crippen LogP contribution is 2.25. The third kappa shape index (κ3) is 3.99. The van der Waals surface area contributed by atoms with Gasteiger partial charge in [0, 0.05) is 5.69 Å². The Labute approximate surface area is 124 Å². The number of carbonyl (C=O) groups is 1. The van der Waals surface area contributed by atoms with E-state index in [1.54, 1.807) is 18.2 Å². The van der Waals surface area contributed by atoms with Crippen molar-refractivity contribution < 1.29 is 9.53 Å². The summed E-state index contributed by atoms with van der Waals surface area (Å²) in [6, 6.07) is 13.1. The summed E-state index contributed by atoms with van der Waals surface area (Å²) in [7, 11) is 0. The molecule has 0 amide bonds. The van der Waals surface area contributed by atoms with Crippen LogP contribution in [0, 0.1) is 6.92 Å². The van der Waals surface area contributed by atoms with Crippen LogP contribution in [0.1, 0.15) is 29.3 Å². The van der Waals surface area contributed by atoms with E-state index >= 15 is 0 Å². The Bertz CT molecular complexity index is 638. The highest BCUT2D eigenvalue weighted by atomic mass is 16.5. The maximum Gasteiger partial charge on any atom is 0.338 e. The third-order valence-corrected chi connectivity index (χ3v) is 3.02. The van der Waals surface area contributed by atoms with Crippen molar-refractivity contribution in [3.05, 3.63) is 53.6 Å². The number of benzene rings is 2. The van der Waals surface area contributed by atoms with Crippen molar-refractivity contribution in [1.82, 2.24) is 0 Å². The fourth-order valence-corrected chi connectivity index (χ4v) is 1.96. The highest BCUT2D eigenvalue weighted by Gasteiger charge is 2.09. The fourth-order valence-electron chi connectivity index (χ4n) is 1.96. The number of nitrogen functional groups attached to an aromatic ring is 1. The van der Waals surface area contributed by atoms with Gasteiger partial charge in [-0.05, 0) is 49.2 Å². The SMILES string of the molecule is CCCOC(=O)c1ccc(Nc2cccc(C)c2)c(N)c1. The summed E-state index contributed by atoms with van der Waals surface area (Å²) in [5.41, 5.74) is 9.89. The number of nitrogens with one attached hydrogen (secondary N) is 1. The maximum atomic E-state index is 11.8. The van der Waals surface area contributed by atoms with Gasteiger partial charge in [-0.25, -0.2) is 4.79 Å². The molecule has 4 heteroatoms. The van der Waals surface area contributed by atoms with E-state index in [4.69, 9.17) is 10.5 Å². The molecule has 0 saturated carbocycles. The summed E-state index contributed by atoms with van der Waals surface area (Å²) < 4.78 is 5.09. The van der Waals surface area contributed by atoms with Crippen LogP contribution in [0.2, 0.25) is 0 Å². The third-order valence-electron chi connectivity index (χ3n) is 3.02. The molecule has 2 aromatic carbocycles. The first-order valence-corrected chi connectivity index (χ1v) is 7.00. The van der Waals surface area contributed by atoms with Gasteiger partial charge in [0.1, 0.15) is 0 Å². The van der Waals surface area contributed by atoms with Gasteiger partial charge in [0.2, 0.25) is 0 Å². The number of hydrogen-bond acceptors (Lipinski definition) is 4. The van der Waals surface area contributed by atoms with Crippen molar-refractivity contribution in [1.29, 1.82) is 0 Å². The van der Waals surface area contributed by atoms with Gasteiger partial charge in [0.05, 0.1) is 23.5 Å². The van der Waals surface area contributed by atoms with E-state index in [1.165, 1.54) is 5.56 Å². The van der Waals surface area contributed by atoms with Crippen LogP contribution >= 0.6 is 0 Å². The van der Waals surface area contributed by atoms with Crippen LogP contribution in [-0.4, -0.2) is 12.6 Å². The molecule has 0 spiro atoms. The van der Waals surface area contributed by atoms with Gasteiger partial charge >= 0.3 is 5.97 Å². The van der Waals surface area contributed by atoms with E-state index in [-0.39, 0.29) is 5.97 Å². The van der Waals surface area contributed by atoms with E-state index in [2.05, 4.69) is 5.32 Å². The Hall–Kier alpha value is -2.49. The highest BCUT2D eigenvalue weighted by molar-refractivity contribution is 5.92. The number of ether oxygens (including phenoxy) is 1. The molecule has 0 atom stereocenters. The van der Waals surface area contributed by atoms with Crippen LogP contribution in [-0.2, 0) is 4.74 Å². The van der Waals surface area contributed by atoms with Gasteiger partial charge in [0.15, 0.2) is 0 Å². The van der Waals surface area contributed by atoms with Crippen molar-refractivity contribution in [2.45, 2.75) is 20.3 Å². The monoisotopic (exact) mass is 284 g/mol. The normalized spacial score (nSPS) is 10.2. The molecular formula is C17H20N2O2. The quantitative estimate of drug-likeness (QED) is 0.646. The molecule has 0 saturated heterocycles. The molecule has 2 aromatic rings. The molecule has 21 heavy (non-hydrogen) atoms. The number of anilines is 3.